The molecule has 4 aromatic rings. The molecular formula is C30H27ClN2O5S. The van der Waals surface area contributed by atoms with Crippen LogP contribution in [-0.4, -0.2) is 35.0 Å². The van der Waals surface area contributed by atoms with Crippen LogP contribution >= 0.6 is 22.9 Å². The number of aromatic nitrogens is 1. The van der Waals surface area contributed by atoms with Gasteiger partial charge >= 0.3 is 5.91 Å². The summed E-state index contributed by atoms with van der Waals surface area (Å²) in [5, 5.41) is 12.3. The summed E-state index contributed by atoms with van der Waals surface area (Å²) in [5.41, 5.74) is 2.64. The molecule has 0 saturated carbocycles. The second-order valence-corrected chi connectivity index (χ2v) is 10.6. The molecule has 2 heterocycles. The number of fused-ring (bicyclic) bond motifs is 1. The van der Waals surface area contributed by atoms with E-state index in [9.17, 15) is 14.7 Å². The molecule has 1 aromatic heterocycles. The fraction of sp³-hybridized carbons (Fsp3) is 0.233. The van der Waals surface area contributed by atoms with E-state index in [0.717, 1.165) is 16.7 Å². The van der Waals surface area contributed by atoms with Crippen LogP contribution in [0, 0.1) is 6.92 Å². The van der Waals surface area contributed by atoms with Crippen LogP contribution in [0.1, 0.15) is 43.0 Å². The minimum atomic E-state index is -0.943. The van der Waals surface area contributed by atoms with E-state index in [0.29, 0.717) is 51.5 Å². The van der Waals surface area contributed by atoms with E-state index in [1.165, 1.54) is 16.2 Å². The van der Waals surface area contributed by atoms with Crippen molar-refractivity contribution in [2.24, 2.45) is 0 Å². The molecule has 200 valence electrons. The first kappa shape index (κ1) is 26.7. The Morgan fingerprint density at radius 3 is 2.51 bits per heavy atom. The molecule has 1 atom stereocenters. The van der Waals surface area contributed by atoms with Gasteiger partial charge in [-0.1, -0.05) is 65.8 Å². The standard InChI is InChI=1S/C30H27ClN2O5S/c1-4-14-38-22-13-10-19(15-23(22)37-5-2)26-25(27(34)18-8-6-17(3)7-9-18)28(35)29(36)33(26)30-32-21-12-11-20(31)16-24(21)39-30/h6-13,15-16,26,34H,4-5,14H2,1-3H3/b27-25+. The number of aliphatic hydroxyl groups excluding tert-OH is 1. The van der Waals surface area contributed by atoms with Crippen molar-refractivity contribution in [3.8, 4) is 11.5 Å². The van der Waals surface area contributed by atoms with Crippen LogP contribution in [0.4, 0.5) is 5.13 Å². The highest BCUT2D eigenvalue weighted by Gasteiger charge is 2.48. The van der Waals surface area contributed by atoms with Crippen LogP contribution in [0.5, 0.6) is 11.5 Å². The highest BCUT2D eigenvalue weighted by Crippen LogP contribution is 2.46. The number of nitrogens with zero attached hydrogens (tertiary/aromatic N) is 2. The predicted molar refractivity (Wildman–Crippen MR) is 154 cm³/mol. The summed E-state index contributed by atoms with van der Waals surface area (Å²) >= 11 is 7.43. The van der Waals surface area contributed by atoms with E-state index in [1.54, 1.807) is 48.5 Å². The number of halogens is 1. The second-order valence-electron chi connectivity index (χ2n) is 9.13. The van der Waals surface area contributed by atoms with Crippen LogP contribution in [0.2, 0.25) is 5.02 Å². The molecule has 1 aliphatic heterocycles. The lowest BCUT2D eigenvalue weighted by atomic mass is 9.95. The fourth-order valence-corrected chi connectivity index (χ4v) is 5.76. The maximum atomic E-state index is 13.6. The highest BCUT2D eigenvalue weighted by atomic mass is 35.5. The Kier molecular flexibility index (Phi) is 7.59. The predicted octanol–water partition coefficient (Wildman–Crippen LogP) is 7.07. The van der Waals surface area contributed by atoms with E-state index in [2.05, 4.69) is 4.98 Å². The Hall–Kier alpha value is -3.88. The van der Waals surface area contributed by atoms with Gasteiger partial charge in [-0.2, -0.15) is 0 Å². The molecule has 1 N–H and O–H groups in total. The third-order valence-electron chi connectivity index (χ3n) is 6.36. The zero-order valence-electron chi connectivity index (χ0n) is 21.7. The number of ketones is 1. The first-order chi connectivity index (χ1) is 18.8. The van der Waals surface area contributed by atoms with Crippen LogP contribution < -0.4 is 14.4 Å². The molecule has 1 aliphatic rings. The maximum Gasteiger partial charge on any atom is 0.301 e. The molecule has 9 heteroatoms. The van der Waals surface area contributed by atoms with Crippen LogP contribution in [0.3, 0.4) is 0 Å². The molecule has 1 unspecified atom stereocenters. The summed E-state index contributed by atoms with van der Waals surface area (Å²) in [6.45, 7) is 6.72. The number of ether oxygens (including phenoxy) is 2. The van der Waals surface area contributed by atoms with E-state index in [1.807, 2.05) is 32.9 Å². The van der Waals surface area contributed by atoms with Gasteiger partial charge in [-0.25, -0.2) is 4.98 Å². The van der Waals surface area contributed by atoms with Crippen molar-refractivity contribution in [1.82, 2.24) is 4.98 Å². The number of carbonyl (C=O) groups is 2. The summed E-state index contributed by atoms with van der Waals surface area (Å²) in [4.78, 5) is 33.1. The molecule has 3 aromatic carbocycles. The Morgan fingerprint density at radius 2 is 1.79 bits per heavy atom. The lowest BCUT2D eigenvalue weighted by Crippen LogP contribution is -2.29. The van der Waals surface area contributed by atoms with E-state index >= 15 is 0 Å². The number of aryl methyl sites for hydroxylation is 1. The van der Waals surface area contributed by atoms with Gasteiger partial charge in [0.2, 0.25) is 0 Å². The molecule has 1 fully saturated rings. The summed E-state index contributed by atoms with van der Waals surface area (Å²) in [6.07, 6.45) is 0.825. The van der Waals surface area contributed by atoms with E-state index < -0.39 is 17.7 Å². The highest BCUT2D eigenvalue weighted by molar-refractivity contribution is 7.22. The number of rotatable bonds is 8. The number of thiazole rings is 1. The SMILES string of the molecule is CCCOc1ccc(C2/C(=C(\O)c3ccc(C)cc3)C(=O)C(=O)N2c2nc3ccc(Cl)cc3s2)cc1OCC. The summed E-state index contributed by atoms with van der Waals surface area (Å²) in [5.74, 6) is -0.773. The lowest BCUT2D eigenvalue weighted by Gasteiger charge is -2.24. The molecule has 7 nitrogen and oxygen atoms in total. The Balaban J connectivity index is 1.71. The average Bonchev–Trinajstić information content (AvgIpc) is 3.45. The van der Waals surface area contributed by atoms with Crippen LogP contribution in [0.25, 0.3) is 16.0 Å². The zero-order valence-corrected chi connectivity index (χ0v) is 23.3. The first-order valence-electron chi connectivity index (χ1n) is 12.7. The third-order valence-corrected chi connectivity index (χ3v) is 7.61. The van der Waals surface area contributed by atoms with Crippen LogP contribution in [0.15, 0.2) is 66.2 Å². The molecule has 39 heavy (non-hydrogen) atoms. The number of carbonyl (C=O) groups excluding carboxylic acids is 2. The van der Waals surface area contributed by atoms with Crippen molar-refractivity contribution in [3.05, 3.63) is 87.9 Å². The Bertz CT molecular complexity index is 1590. The van der Waals surface area contributed by atoms with Gasteiger partial charge in [0.1, 0.15) is 5.76 Å². The molecule has 5 rings (SSSR count). The topological polar surface area (TPSA) is 89.0 Å². The minimum absolute atomic E-state index is 0.0224. The third kappa shape index (κ3) is 5.10. The number of benzene rings is 3. The second kappa shape index (κ2) is 11.1. The van der Waals surface area contributed by atoms with Gasteiger partial charge in [0.15, 0.2) is 16.6 Å². The lowest BCUT2D eigenvalue weighted by molar-refractivity contribution is -0.132. The van der Waals surface area contributed by atoms with E-state index in [4.69, 9.17) is 21.1 Å². The van der Waals surface area contributed by atoms with Crippen molar-refractivity contribution in [1.29, 1.82) is 0 Å². The minimum Gasteiger partial charge on any atom is -0.507 e. The quantitative estimate of drug-likeness (QED) is 0.140. The van der Waals surface area contributed by atoms with Gasteiger partial charge in [0, 0.05) is 10.6 Å². The van der Waals surface area contributed by atoms with Gasteiger partial charge < -0.3 is 14.6 Å². The normalized spacial score (nSPS) is 16.7. The van der Waals surface area contributed by atoms with Crippen molar-refractivity contribution in [3.63, 3.8) is 0 Å². The van der Waals surface area contributed by atoms with Gasteiger partial charge in [0.05, 0.1) is 35.0 Å². The van der Waals surface area contributed by atoms with Crippen molar-refractivity contribution in [2.45, 2.75) is 33.2 Å². The number of aliphatic hydroxyl groups is 1. The zero-order chi connectivity index (χ0) is 27.7. The van der Waals surface area contributed by atoms with Crippen LogP contribution in [-0.2, 0) is 9.59 Å². The summed E-state index contributed by atoms with van der Waals surface area (Å²) in [6, 6.07) is 16.7. The number of anilines is 1. The smallest absolute Gasteiger partial charge is 0.301 e. The molecule has 1 amide bonds. The van der Waals surface area contributed by atoms with Crippen molar-refractivity contribution in [2.75, 3.05) is 18.1 Å². The molecule has 0 aliphatic carbocycles. The fourth-order valence-electron chi connectivity index (χ4n) is 4.50. The Labute approximate surface area is 235 Å². The molecular weight excluding hydrogens is 536 g/mol. The first-order valence-corrected chi connectivity index (χ1v) is 13.9. The molecule has 0 radical (unpaired) electrons. The number of Topliss-reactive ketones (excluding diaryl/α,β-unsaturated/α-hetero) is 1. The number of amides is 1. The summed E-state index contributed by atoms with van der Waals surface area (Å²) < 4.78 is 12.5. The van der Waals surface area contributed by atoms with Gasteiger partial charge in [-0.15, -0.1) is 0 Å². The monoisotopic (exact) mass is 562 g/mol. The van der Waals surface area contributed by atoms with Crippen molar-refractivity contribution >= 4 is 55.7 Å². The molecule has 1 saturated heterocycles. The molecule has 0 bridgehead atoms. The van der Waals surface area contributed by atoms with Crippen molar-refractivity contribution < 1.29 is 24.2 Å². The average molecular weight is 563 g/mol. The van der Waals surface area contributed by atoms with Gasteiger partial charge in [-0.05, 0) is 56.2 Å². The Morgan fingerprint density at radius 1 is 1.03 bits per heavy atom. The largest absolute Gasteiger partial charge is 0.507 e. The number of hydrogen-bond donors (Lipinski definition) is 1. The molecule has 0 spiro atoms. The maximum absolute atomic E-state index is 13.6. The van der Waals surface area contributed by atoms with Gasteiger partial charge in [-0.3, -0.25) is 14.5 Å². The number of hydrogen-bond acceptors (Lipinski definition) is 7. The van der Waals surface area contributed by atoms with E-state index in [-0.39, 0.29) is 11.3 Å². The summed E-state index contributed by atoms with van der Waals surface area (Å²) in [7, 11) is 0. The van der Waals surface area contributed by atoms with Gasteiger partial charge in [0.25, 0.3) is 5.78 Å².